The third-order valence-electron chi connectivity index (χ3n) is 2.08. The Kier molecular flexibility index (Phi) is 3.70. The van der Waals surface area contributed by atoms with Crippen LogP contribution in [0.3, 0.4) is 0 Å². The number of hydrogen-bond donors (Lipinski definition) is 0. The predicted molar refractivity (Wildman–Crippen MR) is 61.9 cm³/mol. The van der Waals surface area contributed by atoms with Gasteiger partial charge in [-0.15, -0.1) is 0 Å². The molecule has 9 heteroatoms. The lowest BCUT2D eigenvalue weighted by Gasteiger charge is -2.14. The molecule has 1 aromatic carbocycles. The molecule has 0 heterocycles. The van der Waals surface area contributed by atoms with Gasteiger partial charge in [-0.2, -0.15) is 4.99 Å². The van der Waals surface area contributed by atoms with Crippen molar-refractivity contribution in [2.75, 3.05) is 19.0 Å². The third kappa shape index (κ3) is 2.47. The predicted octanol–water partition coefficient (Wildman–Crippen LogP) is 1.54. The highest BCUT2D eigenvalue weighted by Gasteiger charge is 2.25. The Morgan fingerprint density at radius 1 is 1.22 bits per heavy atom. The Labute approximate surface area is 101 Å². The van der Waals surface area contributed by atoms with E-state index in [2.05, 4.69) is 4.99 Å². The fourth-order valence-corrected chi connectivity index (χ4v) is 1.43. The van der Waals surface area contributed by atoms with Crippen molar-refractivity contribution < 1.29 is 14.6 Å². The Hall–Kier alpha value is -2.80. The maximum Gasteiger partial charge on any atom is 0.301 e. The normalized spacial score (nSPS) is 9.44. The monoisotopic (exact) mass is 252 g/mol. The number of aliphatic imine (C=N–C) groups is 1. The first-order valence-corrected chi connectivity index (χ1v) is 4.60. The molecule has 0 saturated carbocycles. The van der Waals surface area contributed by atoms with Gasteiger partial charge in [0.1, 0.15) is 11.4 Å². The van der Waals surface area contributed by atoms with Gasteiger partial charge in [-0.05, 0) is 0 Å². The number of carbonyl (C=O) groups excluding carboxylic acids is 1. The average Bonchev–Trinajstić information content (AvgIpc) is 2.27. The van der Waals surface area contributed by atoms with Crippen LogP contribution in [0.15, 0.2) is 17.1 Å². The standard InChI is InChI=1S/C9H8N4O5/c1-11(2)9-7(10-5-14)3-6(12(15)16)4-8(9)13(17)18/h3-4H,1-2H3. The van der Waals surface area contributed by atoms with Crippen molar-refractivity contribution in [3.63, 3.8) is 0 Å². The Morgan fingerprint density at radius 2 is 1.83 bits per heavy atom. The summed E-state index contributed by atoms with van der Waals surface area (Å²) in [5.41, 5.74) is -1.17. The lowest BCUT2D eigenvalue weighted by Crippen LogP contribution is -2.11. The van der Waals surface area contributed by atoms with Gasteiger partial charge in [-0.1, -0.05) is 0 Å². The number of nitro benzene ring substituents is 2. The second-order valence-corrected chi connectivity index (χ2v) is 3.44. The van der Waals surface area contributed by atoms with Gasteiger partial charge in [0.2, 0.25) is 6.08 Å². The van der Waals surface area contributed by atoms with Crippen molar-refractivity contribution in [2.45, 2.75) is 0 Å². The summed E-state index contributed by atoms with van der Waals surface area (Å²) in [4.78, 5) is 34.8. The number of rotatable bonds is 4. The molecule has 0 saturated heterocycles. The summed E-state index contributed by atoms with van der Waals surface area (Å²) >= 11 is 0. The van der Waals surface area contributed by atoms with E-state index in [-0.39, 0.29) is 11.4 Å². The van der Waals surface area contributed by atoms with Crippen LogP contribution in [-0.4, -0.2) is 30.0 Å². The van der Waals surface area contributed by atoms with Crippen molar-refractivity contribution in [1.29, 1.82) is 0 Å². The first kappa shape index (κ1) is 13.3. The molecule has 1 aromatic rings. The first-order chi connectivity index (χ1) is 8.38. The van der Waals surface area contributed by atoms with Gasteiger partial charge in [-0.3, -0.25) is 20.2 Å². The highest BCUT2D eigenvalue weighted by atomic mass is 16.6. The molecule has 0 aliphatic rings. The van der Waals surface area contributed by atoms with Gasteiger partial charge < -0.3 is 4.90 Å². The van der Waals surface area contributed by atoms with Crippen LogP contribution in [0, 0.1) is 20.2 Å². The molecule has 1 rings (SSSR count). The van der Waals surface area contributed by atoms with Crippen molar-refractivity contribution >= 4 is 28.8 Å². The summed E-state index contributed by atoms with van der Waals surface area (Å²) in [5.74, 6) is 0. The van der Waals surface area contributed by atoms with Crippen LogP contribution in [0.25, 0.3) is 0 Å². The fraction of sp³-hybridized carbons (Fsp3) is 0.222. The molecule has 0 aromatic heterocycles. The molecule has 0 unspecified atom stereocenters. The van der Waals surface area contributed by atoms with Gasteiger partial charge in [0.05, 0.1) is 15.9 Å². The Bertz CT molecular complexity index is 539. The molecule has 0 aliphatic carbocycles. The molecule has 9 nitrogen and oxygen atoms in total. The van der Waals surface area contributed by atoms with Crippen molar-refractivity contribution in [3.05, 3.63) is 32.4 Å². The summed E-state index contributed by atoms with van der Waals surface area (Å²) in [5, 5.41) is 21.5. The number of nitrogens with zero attached hydrogens (tertiary/aromatic N) is 4. The lowest BCUT2D eigenvalue weighted by atomic mass is 10.2. The SMILES string of the molecule is CN(C)c1c(N=C=O)cc([N+](=O)[O-])cc1[N+](=O)[O-]. The maximum atomic E-state index is 10.9. The van der Waals surface area contributed by atoms with Gasteiger partial charge in [-0.25, -0.2) is 4.79 Å². The quantitative estimate of drug-likeness (QED) is 0.347. The molecule has 0 amide bonds. The molecule has 0 radical (unpaired) electrons. The van der Waals surface area contributed by atoms with Crippen LogP contribution in [0.1, 0.15) is 0 Å². The van der Waals surface area contributed by atoms with E-state index in [9.17, 15) is 25.0 Å². The maximum absolute atomic E-state index is 10.9. The fourth-order valence-electron chi connectivity index (χ4n) is 1.43. The van der Waals surface area contributed by atoms with E-state index in [1.54, 1.807) is 0 Å². The summed E-state index contributed by atoms with van der Waals surface area (Å²) in [6, 6.07) is 1.80. The van der Waals surface area contributed by atoms with E-state index < -0.39 is 21.2 Å². The summed E-state index contributed by atoms with van der Waals surface area (Å²) in [7, 11) is 3.00. The number of benzene rings is 1. The molecule has 0 spiro atoms. The largest absolute Gasteiger partial charge is 0.370 e. The summed E-state index contributed by atoms with van der Waals surface area (Å²) < 4.78 is 0. The topological polar surface area (TPSA) is 119 Å². The Morgan fingerprint density at radius 3 is 2.22 bits per heavy atom. The zero-order valence-electron chi connectivity index (χ0n) is 9.48. The zero-order valence-corrected chi connectivity index (χ0v) is 9.48. The van der Waals surface area contributed by atoms with Crippen molar-refractivity contribution in [1.82, 2.24) is 0 Å². The minimum atomic E-state index is -0.795. The van der Waals surface area contributed by atoms with Gasteiger partial charge in [0, 0.05) is 20.2 Å². The van der Waals surface area contributed by atoms with Crippen molar-refractivity contribution in [3.8, 4) is 0 Å². The molecule has 0 N–H and O–H groups in total. The van der Waals surface area contributed by atoms with Crippen molar-refractivity contribution in [2.24, 2.45) is 4.99 Å². The van der Waals surface area contributed by atoms with Crippen LogP contribution in [-0.2, 0) is 4.79 Å². The van der Waals surface area contributed by atoms with Crippen LogP contribution in [0.2, 0.25) is 0 Å². The lowest BCUT2D eigenvalue weighted by molar-refractivity contribution is -0.393. The van der Waals surface area contributed by atoms with Gasteiger partial charge in [0.25, 0.3) is 5.69 Å². The van der Waals surface area contributed by atoms with E-state index >= 15 is 0 Å². The minimum Gasteiger partial charge on any atom is -0.370 e. The molecule has 0 fully saturated rings. The second-order valence-electron chi connectivity index (χ2n) is 3.44. The number of non-ortho nitro benzene ring substituents is 1. The molecule has 0 aliphatic heterocycles. The number of nitro groups is 2. The molecular formula is C9H8N4O5. The van der Waals surface area contributed by atoms with Gasteiger partial charge in [0.15, 0.2) is 0 Å². The molecule has 18 heavy (non-hydrogen) atoms. The van der Waals surface area contributed by atoms with E-state index in [1.165, 1.54) is 25.1 Å². The number of anilines is 1. The number of isocyanates is 1. The molecular weight excluding hydrogens is 244 g/mol. The Balaban J connectivity index is 3.70. The second kappa shape index (κ2) is 5.02. The van der Waals surface area contributed by atoms with Crippen LogP contribution < -0.4 is 4.90 Å². The average molecular weight is 252 g/mol. The highest BCUT2D eigenvalue weighted by molar-refractivity contribution is 5.81. The molecule has 0 bridgehead atoms. The van der Waals surface area contributed by atoms with E-state index in [4.69, 9.17) is 0 Å². The summed E-state index contributed by atoms with van der Waals surface area (Å²) in [6.07, 6.45) is 1.21. The van der Waals surface area contributed by atoms with Gasteiger partial charge >= 0.3 is 5.69 Å². The minimum absolute atomic E-state index is 0.00829. The van der Waals surface area contributed by atoms with E-state index in [0.717, 1.165) is 12.1 Å². The molecule has 94 valence electrons. The van der Waals surface area contributed by atoms with E-state index in [1.807, 2.05) is 0 Å². The molecule has 0 atom stereocenters. The van der Waals surface area contributed by atoms with Crippen LogP contribution in [0.4, 0.5) is 22.7 Å². The summed E-state index contributed by atoms with van der Waals surface area (Å²) in [6.45, 7) is 0. The highest BCUT2D eigenvalue weighted by Crippen LogP contribution is 2.40. The first-order valence-electron chi connectivity index (χ1n) is 4.60. The van der Waals surface area contributed by atoms with E-state index in [0.29, 0.717) is 0 Å². The number of hydrogen-bond acceptors (Lipinski definition) is 7. The smallest absolute Gasteiger partial charge is 0.301 e. The zero-order chi connectivity index (χ0) is 13.9. The van der Waals surface area contributed by atoms with Crippen LogP contribution >= 0.6 is 0 Å². The third-order valence-corrected chi connectivity index (χ3v) is 2.08. The van der Waals surface area contributed by atoms with Crippen LogP contribution in [0.5, 0.6) is 0 Å².